The van der Waals surface area contributed by atoms with Crippen molar-refractivity contribution in [2.24, 2.45) is 5.10 Å². The van der Waals surface area contributed by atoms with E-state index in [1.807, 2.05) is 0 Å². The van der Waals surface area contributed by atoms with E-state index in [4.69, 9.17) is 10.5 Å². The third-order valence-corrected chi connectivity index (χ3v) is 2.79. The number of nitrogens with one attached hydrogen (secondary N) is 1. The number of carbonyl (C=O) groups excluding carboxylic acids is 1. The smallest absolute Gasteiger partial charge is 0.271 e. The number of nitrogens with two attached hydrogens (primary N) is 1. The molecule has 0 aliphatic rings. The molecule has 0 atom stereocenters. The van der Waals surface area contributed by atoms with E-state index in [0.717, 1.165) is 0 Å². The number of nitrogens with zero attached hydrogens (tertiary/aromatic N) is 1. The number of rotatable bonds is 4. The molecule has 0 aliphatic carbocycles. The lowest BCUT2D eigenvalue weighted by atomic mass is 10.2. The minimum absolute atomic E-state index is 0.0366. The van der Waals surface area contributed by atoms with E-state index in [1.165, 1.54) is 13.3 Å². The molecule has 6 heteroatoms. The van der Waals surface area contributed by atoms with Gasteiger partial charge < -0.3 is 15.6 Å². The number of aromatic hydroxyl groups is 1. The quantitative estimate of drug-likeness (QED) is 0.453. The Labute approximate surface area is 121 Å². The van der Waals surface area contributed by atoms with Crippen molar-refractivity contribution in [3.05, 3.63) is 53.6 Å². The van der Waals surface area contributed by atoms with Crippen LogP contribution in [-0.4, -0.2) is 24.3 Å². The molecule has 0 spiro atoms. The van der Waals surface area contributed by atoms with E-state index in [0.29, 0.717) is 22.6 Å². The van der Waals surface area contributed by atoms with Gasteiger partial charge >= 0.3 is 0 Å². The summed E-state index contributed by atoms with van der Waals surface area (Å²) in [6.07, 6.45) is 1.34. The van der Waals surface area contributed by atoms with Crippen molar-refractivity contribution in [2.45, 2.75) is 0 Å². The highest BCUT2D eigenvalue weighted by molar-refractivity contribution is 5.95. The molecule has 21 heavy (non-hydrogen) atoms. The first-order valence-corrected chi connectivity index (χ1v) is 6.16. The Balaban J connectivity index is 2.05. The van der Waals surface area contributed by atoms with Crippen LogP contribution in [0.2, 0.25) is 0 Å². The van der Waals surface area contributed by atoms with E-state index in [2.05, 4.69) is 10.5 Å². The summed E-state index contributed by atoms with van der Waals surface area (Å²) in [4.78, 5) is 11.8. The number of phenols is 1. The Morgan fingerprint density at radius 3 is 2.67 bits per heavy atom. The van der Waals surface area contributed by atoms with Gasteiger partial charge in [0.05, 0.1) is 13.3 Å². The lowest BCUT2D eigenvalue weighted by Crippen LogP contribution is -2.17. The Kier molecular flexibility index (Phi) is 4.40. The summed E-state index contributed by atoms with van der Waals surface area (Å²) in [6, 6.07) is 11.4. The van der Waals surface area contributed by atoms with Gasteiger partial charge in [-0.25, -0.2) is 5.43 Å². The fourth-order valence-corrected chi connectivity index (χ4v) is 1.67. The summed E-state index contributed by atoms with van der Waals surface area (Å²) >= 11 is 0. The zero-order valence-corrected chi connectivity index (χ0v) is 11.4. The number of hydrogen-bond acceptors (Lipinski definition) is 5. The van der Waals surface area contributed by atoms with Crippen LogP contribution in [0.5, 0.6) is 11.5 Å². The molecule has 1 amide bonds. The van der Waals surface area contributed by atoms with E-state index >= 15 is 0 Å². The molecule has 0 fully saturated rings. The van der Waals surface area contributed by atoms with Crippen molar-refractivity contribution in [1.29, 1.82) is 0 Å². The molecule has 0 saturated carbocycles. The van der Waals surface area contributed by atoms with Gasteiger partial charge in [0, 0.05) is 16.8 Å². The second kappa shape index (κ2) is 6.42. The topological polar surface area (TPSA) is 96.9 Å². The number of carbonyl (C=O) groups is 1. The van der Waals surface area contributed by atoms with Crippen LogP contribution < -0.4 is 15.9 Å². The molecule has 0 unspecified atom stereocenters. The summed E-state index contributed by atoms with van der Waals surface area (Å²) in [6.45, 7) is 0. The molecule has 6 nitrogen and oxygen atoms in total. The second-order valence-corrected chi connectivity index (χ2v) is 4.22. The maximum absolute atomic E-state index is 11.8. The van der Waals surface area contributed by atoms with Crippen LogP contribution >= 0.6 is 0 Å². The van der Waals surface area contributed by atoms with E-state index < -0.39 is 0 Å². The third kappa shape index (κ3) is 3.50. The number of anilines is 1. The number of ether oxygens (including phenoxy) is 1. The van der Waals surface area contributed by atoms with Gasteiger partial charge in [-0.3, -0.25) is 4.79 Å². The van der Waals surface area contributed by atoms with Crippen molar-refractivity contribution in [2.75, 3.05) is 12.8 Å². The fraction of sp³-hybridized carbons (Fsp3) is 0.0667. The number of hydrogen-bond donors (Lipinski definition) is 3. The van der Waals surface area contributed by atoms with Crippen LogP contribution in [-0.2, 0) is 0 Å². The van der Waals surface area contributed by atoms with Gasteiger partial charge in [0.15, 0.2) is 11.5 Å². The number of phenolic OH excluding ortho intramolecular Hbond substituents is 1. The van der Waals surface area contributed by atoms with Crippen LogP contribution in [0.4, 0.5) is 5.69 Å². The van der Waals surface area contributed by atoms with E-state index in [-0.39, 0.29) is 11.7 Å². The van der Waals surface area contributed by atoms with Crippen LogP contribution in [0.15, 0.2) is 47.6 Å². The first-order chi connectivity index (χ1) is 10.1. The summed E-state index contributed by atoms with van der Waals surface area (Å²) in [7, 11) is 1.46. The Hall–Kier alpha value is -3.02. The molecule has 0 saturated heterocycles. The standard InChI is InChI=1S/C15H15N3O3/c1-21-13-4-2-3-11(14(13)19)9-17-18-15(20)10-5-7-12(16)8-6-10/h2-9,19H,16H2,1H3,(H,18,20)/b17-9+. The lowest BCUT2D eigenvalue weighted by molar-refractivity contribution is 0.0955. The van der Waals surface area contributed by atoms with Crippen LogP contribution in [0.3, 0.4) is 0 Å². The molecule has 2 aromatic carbocycles. The summed E-state index contributed by atoms with van der Waals surface area (Å²) < 4.78 is 4.98. The number of hydrazone groups is 1. The highest BCUT2D eigenvalue weighted by Crippen LogP contribution is 2.27. The molecule has 2 aromatic rings. The highest BCUT2D eigenvalue weighted by Gasteiger charge is 2.06. The van der Waals surface area contributed by atoms with Gasteiger partial charge in [-0.1, -0.05) is 6.07 Å². The van der Waals surface area contributed by atoms with Crippen LogP contribution in [0.1, 0.15) is 15.9 Å². The number of amides is 1. The van der Waals surface area contributed by atoms with Gasteiger partial charge in [0.1, 0.15) is 0 Å². The molecule has 2 rings (SSSR count). The zero-order chi connectivity index (χ0) is 15.2. The molecule has 0 aromatic heterocycles. The van der Waals surface area contributed by atoms with Crippen molar-refractivity contribution in [3.63, 3.8) is 0 Å². The molecular weight excluding hydrogens is 270 g/mol. The van der Waals surface area contributed by atoms with Crippen molar-refractivity contribution in [3.8, 4) is 11.5 Å². The van der Waals surface area contributed by atoms with Gasteiger partial charge in [0.2, 0.25) is 0 Å². The monoisotopic (exact) mass is 285 g/mol. The minimum atomic E-state index is -0.367. The second-order valence-electron chi connectivity index (χ2n) is 4.22. The predicted octanol–water partition coefficient (Wildman–Crippen LogP) is 1.75. The number of methoxy groups -OCH3 is 1. The van der Waals surface area contributed by atoms with Crippen LogP contribution in [0, 0.1) is 0 Å². The lowest BCUT2D eigenvalue weighted by Gasteiger charge is -2.05. The average molecular weight is 285 g/mol. The van der Waals surface area contributed by atoms with E-state index in [9.17, 15) is 9.90 Å². The maximum Gasteiger partial charge on any atom is 0.271 e. The molecule has 0 radical (unpaired) electrons. The minimum Gasteiger partial charge on any atom is -0.504 e. The molecular formula is C15H15N3O3. The number of benzene rings is 2. The summed E-state index contributed by atoms with van der Waals surface area (Å²) in [5.74, 6) is -0.0667. The molecule has 0 aliphatic heterocycles. The molecule has 0 bridgehead atoms. The Morgan fingerprint density at radius 1 is 1.29 bits per heavy atom. The Bertz CT molecular complexity index is 666. The van der Waals surface area contributed by atoms with Gasteiger partial charge in [0.25, 0.3) is 5.91 Å². The molecule has 0 heterocycles. The van der Waals surface area contributed by atoms with Crippen molar-refractivity contribution < 1.29 is 14.6 Å². The first kappa shape index (κ1) is 14.4. The zero-order valence-electron chi connectivity index (χ0n) is 11.4. The SMILES string of the molecule is COc1cccc(/C=N/NC(=O)c2ccc(N)cc2)c1O. The van der Waals surface area contributed by atoms with Crippen molar-refractivity contribution in [1.82, 2.24) is 5.43 Å². The average Bonchev–Trinajstić information content (AvgIpc) is 2.49. The van der Waals surface area contributed by atoms with Gasteiger partial charge in [-0.2, -0.15) is 5.10 Å². The normalized spacial score (nSPS) is 10.5. The highest BCUT2D eigenvalue weighted by atomic mass is 16.5. The van der Waals surface area contributed by atoms with Crippen LogP contribution in [0.25, 0.3) is 0 Å². The van der Waals surface area contributed by atoms with Crippen molar-refractivity contribution >= 4 is 17.8 Å². The first-order valence-electron chi connectivity index (χ1n) is 6.16. The predicted molar refractivity (Wildman–Crippen MR) is 80.6 cm³/mol. The van der Waals surface area contributed by atoms with Gasteiger partial charge in [-0.15, -0.1) is 0 Å². The largest absolute Gasteiger partial charge is 0.504 e. The number of nitrogen functional groups attached to an aromatic ring is 1. The fourth-order valence-electron chi connectivity index (χ4n) is 1.67. The van der Waals surface area contributed by atoms with Gasteiger partial charge in [-0.05, 0) is 36.4 Å². The third-order valence-electron chi connectivity index (χ3n) is 2.79. The summed E-state index contributed by atoms with van der Waals surface area (Å²) in [5, 5.41) is 13.7. The number of para-hydroxylation sites is 1. The van der Waals surface area contributed by atoms with E-state index in [1.54, 1.807) is 42.5 Å². The molecule has 4 N–H and O–H groups in total. The molecule has 108 valence electrons. The summed E-state index contributed by atoms with van der Waals surface area (Å²) in [5.41, 5.74) is 9.37. The maximum atomic E-state index is 11.8. The Morgan fingerprint density at radius 2 is 2.00 bits per heavy atom.